The number of methoxy groups -OCH3 is 1. The first-order valence-corrected chi connectivity index (χ1v) is 6.57. The number of hydrogen-bond donors (Lipinski definition) is 1. The second-order valence-electron chi connectivity index (χ2n) is 4.70. The first-order valence-electron chi connectivity index (χ1n) is 6.57. The van der Waals surface area contributed by atoms with Crippen LogP contribution in [0.1, 0.15) is 35.3 Å². The second-order valence-corrected chi connectivity index (χ2v) is 4.70. The van der Waals surface area contributed by atoms with Gasteiger partial charge < -0.3 is 9.84 Å². The molecule has 0 amide bonds. The van der Waals surface area contributed by atoms with Crippen LogP contribution in [0.4, 0.5) is 0 Å². The van der Waals surface area contributed by atoms with Crippen molar-refractivity contribution in [1.29, 1.82) is 0 Å². The highest BCUT2D eigenvalue weighted by atomic mass is 16.5. The molecule has 1 N–H and O–H groups in total. The third-order valence-electron chi connectivity index (χ3n) is 3.39. The van der Waals surface area contributed by atoms with Crippen LogP contribution in [-0.4, -0.2) is 12.2 Å². The van der Waals surface area contributed by atoms with E-state index in [1.165, 1.54) is 0 Å². The summed E-state index contributed by atoms with van der Waals surface area (Å²) >= 11 is 0. The van der Waals surface area contributed by atoms with Crippen molar-refractivity contribution in [1.82, 2.24) is 0 Å². The summed E-state index contributed by atoms with van der Waals surface area (Å²) in [5.74, 6) is 0.923. The molecule has 0 aliphatic carbocycles. The van der Waals surface area contributed by atoms with E-state index in [2.05, 4.69) is 6.92 Å². The average molecular weight is 256 g/mol. The zero-order valence-electron chi connectivity index (χ0n) is 11.7. The van der Waals surface area contributed by atoms with Gasteiger partial charge in [0.15, 0.2) is 0 Å². The van der Waals surface area contributed by atoms with Gasteiger partial charge >= 0.3 is 0 Å². The predicted octanol–water partition coefficient (Wildman–Crippen LogP) is 3.65. The van der Waals surface area contributed by atoms with E-state index in [-0.39, 0.29) is 0 Å². The molecule has 1 atom stereocenters. The Morgan fingerprint density at radius 2 is 1.79 bits per heavy atom. The summed E-state index contributed by atoms with van der Waals surface area (Å²) in [6.07, 6.45) is 0.301. The zero-order chi connectivity index (χ0) is 13.8. The van der Waals surface area contributed by atoms with Crippen molar-refractivity contribution in [2.45, 2.75) is 26.4 Å². The molecule has 0 bridgehead atoms. The van der Waals surface area contributed by atoms with Crippen molar-refractivity contribution in [3.05, 3.63) is 64.7 Å². The molecule has 0 heterocycles. The van der Waals surface area contributed by atoms with E-state index in [9.17, 15) is 5.11 Å². The molecule has 0 saturated carbocycles. The van der Waals surface area contributed by atoms with Gasteiger partial charge in [0.1, 0.15) is 11.9 Å². The van der Waals surface area contributed by atoms with Crippen LogP contribution in [0.2, 0.25) is 0 Å². The van der Waals surface area contributed by atoms with Gasteiger partial charge in [0.05, 0.1) is 7.11 Å². The molecule has 2 aromatic carbocycles. The van der Waals surface area contributed by atoms with Crippen LogP contribution >= 0.6 is 0 Å². The number of ether oxygens (including phenoxy) is 1. The molecule has 0 spiro atoms. The largest absolute Gasteiger partial charge is 0.496 e. The lowest BCUT2D eigenvalue weighted by Gasteiger charge is -2.17. The zero-order valence-corrected chi connectivity index (χ0v) is 11.7. The lowest BCUT2D eigenvalue weighted by atomic mass is 9.96. The molecule has 2 nitrogen and oxygen atoms in total. The van der Waals surface area contributed by atoms with E-state index in [1.807, 2.05) is 49.4 Å². The smallest absolute Gasteiger partial charge is 0.124 e. The molecule has 1 unspecified atom stereocenters. The molecular formula is C17H20O2. The first kappa shape index (κ1) is 13.6. The van der Waals surface area contributed by atoms with Crippen molar-refractivity contribution >= 4 is 0 Å². The number of aryl methyl sites for hydroxylation is 2. The molecule has 2 aromatic rings. The van der Waals surface area contributed by atoms with Gasteiger partial charge in [-0.15, -0.1) is 0 Å². The monoisotopic (exact) mass is 256 g/mol. The SMILES string of the molecule is CCc1cc(C(O)c2ccccc2)cc(C)c1OC. The lowest BCUT2D eigenvalue weighted by molar-refractivity contribution is 0.220. The topological polar surface area (TPSA) is 29.5 Å². The number of benzene rings is 2. The summed E-state index contributed by atoms with van der Waals surface area (Å²) in [6, 6.07) is 13.7. The third-order valence-corrected chi connectivity index (χ3v) is 3.39. The normalized spacial score (nSPS) is 12.2. The Labute approximate surface area is 114 Å². The average Bonchev–Trinajstić information content (AvgIpc) is 2.46. The molecule has 0 aliphatic rings. The van der Waals surface area contributed by atoms with Gasteiger partial charge in [0.2, 0.25) is 0 Å². The standard InChI is InChI=1S/C17H20O2/c1-4-13-11-15(10-12(2)17(13)19-3)16(18)14-8-6-5-7-9-14/h5-11,16,18H,4H2,1-3H3. The molecule has 0 aromatic heterocycles. The quantitative estimate of drug-likeness (QED) is 0.904. The van der Waals surface area contributed by atoms with E-state index in [4.69, 9.17) is 4.74 Å². The molecule has 0 saturated heterocycles. The minimum atomic E-state index is -0.587. The van der Waals surface area contributed by atoms with Gasteiger partial charge in [-0.3, -0.25) is 0 Å². The fraction of sp³-hybridized carbons (Fsp3) is 0.294. The fourth-order valence-electron chi connectivity index (χ4n) is 2.42. The summed E-state index contributed by atoms with van der Waals surface area (Å²) in [6.45, 7) is 4.11. The Morgan fingerprint density at radius 1 is 1.11 bits per heavy atom. The van der Waals surface area contributed by atoms with E-state index in [1.54, 1.807) is 7.11 Å². The Bertz CT molecular complexity index is 547. The summed E-state index contributed by atoms with van der Waals surface area (Å²) in [5.41, 5.74) is 4.02. The number of aliphatic hydroxyl groups is 1. The third kappa shape index (κ3) is 2.79. The van der Waals surface area contributed by atoms with Crippen LogP contribution in [0.3, 0.4) is 0 Å². The molecule has 0 fully saturated rings. The van der Waals surface area contributed by atoms with Crippen LogP contribution < -0.4 is 4.74 Å². The van der Waals surface area contributed by atoms with Crippen molar-refractivity contribution in [3.8, 4) is 5.75 Å². The molecule has 19 heavy (non-hydrogen) atoms. The van der Waals surface area contributed by atoms with Crippen LogP contribution in [0, 0.1) is 6.92 Å². The van der Waals surface area contributed by atoms with Crippen LogP contribution in [0.25, 0.3) is 0 Å². The van der Waals surface area contributed by atoms with Crippen molar-refractivity contribution in [2.24, 2.45) is 0 Å². The first-order chi connectivity index (χ1) is 9.17. The van der Waals surface area contributed by atoms with E-state index in [0.717, 1.165) is 34.4 Å². The van der Waals surface area contributed by atoms with Crippen LogP contribution in [0.15, 0.2) is 42.5 Å². The van der Waals surface area contributed by atoms with Gasteiger partial charge in [-0.1, -0.05) is 37.3 Å². The van der Waals surface area contributed by atoms with E-state index in [0.29, 0.717) is 0 Å². The van der Waals surface area contributed by atoms with Crippen molar-refractivity contribution < 1.29 is 9.84 Å². The summed E-state index contributed by atoms with van der Waals surface area (Å²) in [5, 5.41) is 10.5. The minimum absolute atomic E-state index is 0.587. The molecular weight excluding hydrogens is 236 g/mol. The summed E-state index contributed by atoms with van der Waals surface area (Å²) in [7, 11) is 1.69. The van der Waals surface area contributed by atoms with E-state index >= 15 is 0 Å². The Morgan fingerprint density at radius 3 is 2.37 bits per heavy atom. The molecule has 2 rings (SSSR count). The Kier molecular flexibility index (Phi) is 4.23. The molecule has 0 aliphatic heterocycles. The Hall–Kier alpha value is -1.80. The summed E-state index contributed by atoms with van der Waals surface area (Å²) in [4.78, 5) is 0. The predicted molar refractivity (Wildman–Crippen MR) is 77.6 cm³/mol. The van der Waals surface area contributed by atoms with Gasteiger partial charge in [-0.05, 0) is 47.7 Å². The highest BCUT2D eigenvalue weighted by molar-refractivity contribution is 5.46. The van der Waals surface area contributed by atoms with Crippen LogP contribution in [-0.2, 0) is 6.42 Å². The molecule has 100 valence electrons. The van der Waals surface area contributed by atoms with E-state index < -0.39 is 6.10 Å². The lowest BCUT2D eigenvalue weighted by Crippen LogP contribution is -2.03. The summed E-state index contributed by atoms with van der Waals surface area (Å²) < 4.78 is 5.43. The molecule has 2 heteroatoms. The van der Waals surface area contributed by atoms with Gasteiger partial charge in [0, 0.05) is 0 Å². The fourth-order valence-corrected chi connectivity index (χ4v) is 2.42. The highest BCUT2D eigenvalue weighted by Gasteiger charge is 2.14. The van der Waals surface area contributed by atoms with Crippen molar-refractivity contribution in [2.75, 3.05) is 7.11 Å². The second kappa shape index (κ2) is 5.89. The van der Waals surface area contributed by atoms with Gasteiger partial charge in [-0.25, -0.2) is 0 Å². The number of hydrogen-bond acceptors (Lipinski definition) is 2. The maximum Gasteiger partial charge on any atom is 0.124 e. The number of rotatable bonds is 4. The highest BCUT2D eigenvalue weighted by Crippen LogP contribution is 2.30. The van der Waals surface area contributed by atoms with Crippen molar-refractivity contribution in [3.63, 3.8) is 0 Å². The Balaban J connectivity index is 2.43. The number of aliphatic hydroxyl groups excluding tert-OH is 1. The minimum Gasteiger partial charge on any atom is -0.496 e. The van der Waals surface area contributed by atoms with Gasteiger partial charge in [0.25, 0.3) is 0 Å². The maximum absolute atomic E-state index is 10.5. The van der Waals surface area contributed by atoms with Gasteiger partial charge in [-0.2, -0.15) is 0 Å². The van der Waals surface area contributed by atoms with Crippen LogP contribution in [0.5, 0.6) is 5.75 Å². The molecule has 0 radical (unpaired) electrons. The maximum atomic E-state index is 10.5.